The van der Waals surface area contributed by atoms with Crippen LogP contribution in [0.5, 0.6) is 0 Å². The molecule has 18 heavy (non-hydrogen) atoms. The van der Waals surface area contributed by atoms with Crippen molar-refractivity contribution < 1.29 is 39.2 Å². The average molecular weight is 263 g/mol. The molecule has 9 nitrogen and oxygen atoms in total. The molecule has 0 aliphatic carbocycles. The summed E-state index contributed by atoms with van der Waals surface area (Å²) in [5.41, 5.74) is 2.42. The monoisotopic (exact) mass is 263 g/mol. The Bertz CT molecular complexity index is 348. The van der Waals surface area contributed by atoms with Crippen LogP contribution in [0.1, 0.15) is 19.3 Å². The normalized spacial score (nSPS) is 10.7. The number of nitrogens with two attached hydrogens (primary N) is 1. The second-order valence-corrected chi connectivity index (χ2v) is 3.45. The molecule has 0 aromatic carbocycles. The van der Waals surface area contributed by atoms with Gasteiger partial charge in [-0.25, -0.2) is 4.79 Å². The third-order valence-electron chi connectivity index (χ3n) is 1.92. The number of aliphatic carboxylic acids is 3. The predicted octanol–water partition coefficient (Wildman–Crippen LogP) is -1.35. The predicted molar refractivity (Wildman–Crippen MR) is 54.6 cm³/mol. The molecule has 0 atom stereocenters. The highest BCUT2D eigenvalue weighted by Crippen LogP contribution is 2.22. The maximum absolute atomic E-state index is 11.2. The van der Waals surface area contributed by atoms with E-state index in [9.17, 15) is 19.2 Å². The summed E-state index contributed by atoms with van der Waals surface area (Å²) in [5.74, 6) is -6.10. The van der Waals surface area contributed by atoms with E-state index in [1.165, 1.54) is 0 Å². The van der Waals surface area contributed by atoms with Gasteiger partial charge < -0.3 is 25.8 Å². The van der Waals surface area contributed by atoms with Gasteiger partial charge in [-0.05, 0) is 0 Å². The van der Waals surface area contributed by atoms with Crippen molar-refractivity contribution in [2.24, 2.45) is 5.73 Å². The van der Waals surface area contributed by atoms with Crippen LogP contribution in [0.25, 0.3) is 0 Å². The summed E-state index contributed by atoms with van der Waals surface area (Å²) in [6.07, 6.45) is -2.63. The third-order valence-corrected chi connectivity index (χ3v) is 1.92. The summed E-state index contributed by atoms with van der Waals surface area (Å²) < 4.78 is 4.48. The van der Waals surface area contributed by atoms with Gasteiger partial charge in [-0.1, -0.05) is 0 Å². The highest BCUT2D eigenvalue weighted by molar-refractivity contribution is 5.90. The van der Waals surface area contributed by atoms with E-state index in [0.29, 0.717) is 0 Å². The van der Waals surface area contributed by atoms with Gasteiger partial charge in [0, 0.05) is 6.54 Å². The highest BCUT2D eigenvalue weighted by atomic mass is 16.6. The molecule has 5 N–H and O–H groups in total. The largest absolute Gasteiger partial charge is 0.481 e. The van der Waals surface area contributed by atoms with Crippen LogP contribution in [-0.4, -0.2) is 51.3 Å². The van der Waals surface area contributed by atoms with Crippen LogP contribution < -0.4 is 5.73 Å². The van der Waals surface area contributed by atoms with Gasteiger partial charge >= 0.3 is 23.9 Å². The van der Waals surface area contributed by atoms with Crippen molar-refractivity contribution in [2.75, 3.05) is 6.54 Å². The van der Waals surface area contributed by atoms with Crippen molar-refractivity contribution in [1.82, 2.24) is 0 Å². The number of ether oxygens (including phenoxy) is 1. The van der Waals surface area contributed by atoms with Crippen molar-refractivity contribution in [1.29, 1.82) is 0 Å². The van der Waals surface area contributed by atoms with E-state index in [1.54, 1.807) is 0 Å². The number of carboxylic acid groups (broad SMARTS) is 3. The molecule has 0 rings (SSSR count). The van der Waals surface area contributed by atoms with Crippen LogP contribution in [0.3, 0.4) is 0 Å². The maximum atomic E-state index is 11.2. The van der Waals surface area contributed by atoms with E-state index < -0.39 is 42.3 Å². The summed E-state index contributed by atoms with van der Waals surface area (Å²) >= 11 is 0. The SMILES string of the molecule is NCCC(=O)OC(CC(=O)O)(CC(=O)O)C(=O)O. The van der Waals surface area contributed by atoms with Crippen LogP contribution in [0.4, 0.5) is 0 Å². The molecule has 0 aromatic heterocycles. The fraction of sp³-hybridized carbons (Fsp3) is 0.556. The van der Waals surface area contributed by atoms with Crippen LogP contribution >= 0.6 is 0 Å². The van der Waals surface area contributed by atoms with E-state index >= 15 is 0 Å². The lowest BCUT2D eigenvalue weighted by atomic mass is 9.95. The lowest BCUT2D eigenvalue weighted by Gasteiger charge is -2.26. The van der Waals surface area contributed by atoms with Crippen LogP contribution in [0, 0.1) is 0 Å². The first-order valence-corrected chi connectivity index (χ1v) is 4.82. The van der Waals surface area contributed by atoms with Crippen LogP contribution in [0.2, 0.25) is 0 Å². The van der Waals surface area contributed by atoms with Gasteiger partial charge in [-0.2, -0.15) is 0 Å². The van der Waals surface area contributed by atoms with Crippen molar-refractivity contribution in [3.63, 3.8) is 0 Å². The molecular formula is C9H13NO8. The zero-order valence-electron chi connectivity index (χ0n) is 9.29. The lowest BCUT2D eigenvalue weighted by molar-refractivity contribution is -0.186. The van der Waals surface area contributed by atoms with Gasteiger partial charge in [0.25, 0.3) is 0 Å². The molecule has 0 aliphatic heterocycles. The van der Waals surface area contributed by atoms with Crippen LogP contribution in [0.15, 0.2) is 0 Å². The summed E-state index contributed by atoms with van der Waals surface area (Å²) in [6.45, 7) is -0.130. The van der Waals surface area contributed by atoms with E-state index in [4.69, 9.17) is 21.1 Å². The van der Waals surface area contributed by atoms with E-state index in [1.807, 2.05) is 0 Å². The van der Waals surface area contributed by atoms with Gasteiger partial charge in [0.15, 0.2) is 0 Å². The molecule has 0 radical (unpaired) electrons. The molecule has 0 aliphatic rings. The molecule has 0 spiro atoms. The van der Waals surface area contributed by atoms with Crippen molar-refractivity contribution >= 4 is 23.9 Å². The Morgan fingerprint density at radius 1 is 1.00 bits per heavy atom. The summed E-state index contributed by atoms with van der Waals surface area (Å²) in [7, 11) is 0. The molecular weight excluding hydrogens is 250 g/mol. The number of esters is 1. The average Bonchev–Trinajstić information content (AvgIpc) is 2.14. The Morgan fingerprint density at radius 2 is 1.44 bits per heavy atom. The second-order valence-electron chi connectivity index (χ2n) is 3.45. The van der Waals surface area contributed by atoms with Gasteiger partial charge in [0.2, 0.25) is 5.60 Å². The molecule has 0 fully saturated rings. The summed E-state index contributed by atoms with van der Waals surface area (Å²) in [6, 6.07) is 0. The first kappa shape index (κ1) is 15.8. The van der Waals surface area contributed by atoms with Crippen LogP contribution in [-0.2, 0) is 23.9 Å². The first-order chi connectivity index (χ1) is 8.23. The Hall–Kier alpha value is -2.16. The smallest absolute Gasteiger partial charge is 0.349 e. The molecule has 9 heteroatoms. The minimum absolute atomic E-state index is 0.130. The van der Waals surface area contributed by atoms with Gasteiger partial charge in [0.1, 0.15) is 0 Å². The maximum Gasteiger partial charge on any atom is 0.349 e. The number of hydrogen-bond acceptors (Lipinski definition) is 6. The third kappa shape index (κ3) is 4.78. The standard InChI is InChI=1S/C9H13NO8/c10-2-1-7(15)18-9(8(16)17,3-5(11)12)4-6(13)14/h1-4,10H2,(H,11,12)(H,13,14)(H,16,17). The number of carbonyl (C=O) groups excluding carboxylic acids is 1. The quantitative estimate of drug-likeness (QED) is 0.387. The molecule has 0 bridgehead atoms. The zero-order chi connectivity index (χ0) is 14.3. The highest BCUT2D eigenvalue weighted by Gasteiger charge is 2.47. The van der Waals surface area contributed by atoms with E-state index in [2.05, 4.69) is 4.74 Å². The molecule has 0 unspecified atom stereocenters. The number of carbonyl (C=O) groups is 4. The molecule has 0 aromatic rings. The fourth-order valence-corrected chi connectivity index (χ4v) is 1.20. The van der Waals surface area contributed by atoms with Crippen molar-refractivity contribution in [2.45, 2.75) is 24.9 Å². The molecule has 0 amide bonds. The number of carboxylic acids is 3. The number of hydrogen-bond donors (Lipinski definition) is 4. The van der Waals surface area contributed by atoms with Gasteiger partial charge in [0.05, 0.1) is 19.3 Å². The Balaban J connectivity index is 5.18. The summed E-state index contributed by atoms with van der Waals surface area (Å²) in [4.78, 5) is 43.3. The molecule has 0 saturated carbocycles. The Kier molecular flexibility index (Phi) is 5.76. The molecule has 0 heterocycles. The summed E-state index contributed by atoms with van der Waals surface area (Å²) in [5, 5.41) is 26.1. The van der Waals surface area contributed by atoms with Gasteiger partial charge in [-0.3, -0.25) is 14.4 Å². The van der Waals surface area contributed by atoms with E-state index in [0.717, 1.165) is 0 Å². The Morgan fingerprint density at radius 3 is 1.72 bits per heavy atom. The number of rotatable bonds is 8. The second kappa shape index (κ2) is 6.55. The molecule has 0 saturated heterocycles. The topological polar surface area (TPSA) is 164 Å². The minimum atomic E-state index is -2.62. The lowest BCUT2D eigenvalue weighted by Crippen LogP contribution is -2.47. The minimum Gasteiger partial charge on any atom is -0.481 e. The van der Waals surface area contributed by atoms with Crippen molar-refractivity contribution in [3.8, 4) is 0 Å². The zero-order valence-corrected chi connectivity index (χ0v) is 9.29. The fourth-order valence-electron chi connectivity index (χ4n) is 1.20. The molecule has 102 valence electrons. The Labute approximate surface area is 101 Å². The first-order valence-electron chi connectivity index (χ1n) is 4.82. The van der Waals surface area contributed by atoms with Gasteiger partial charge in [-0.15, -0.1) is 0 Å². The van der Waals surface area contributed by atoms with Crippen molar-refractivity contribution in [3.05, 3.63) is 0 Å². The van der Waals surface area contributed by atoms with E-state index in [-0.39, 0.29) is 13.0 Å².